The van der Waals surface area contributed by atoms with E-state index in [0.717, 1.165) is 43.7 Å². The molecule has 0 bridgehead atoms. The highest BCUT2D eigenvalue weighted by Gasteiger charge is 2.35. The van der Waals surface area contributed by atoms with Gasteiger partial charge in [0, 0.05) is 25.3 Å². The van der Waals surface area contributed by atoms with Crippen molar-refractivity contribution in [3.63, 3.8) is 0 Å². The Kier molecular flexibility index (Phi) is 4.79. The van der Waals surface area contributed by atoms with Gasteiger partial charge in [0.25, 0.3) is 0 Å². The van der Waals surface area contributed by atoms with Crippen LogP contribution in [0.3, 0.4) is 0 Å². The largest absolute Gasteiger partial charge is 0.385 e. The highest BCUT2D eigenvalue weighted by atomic mass is 16.3. The molecular weight excluding hydrogens is 324 g/mol. The monoisotopic (exact) mass is 350 g/mol. The summed E-state index contributed by atoms with van der Waals surface area (Å²) in [5.74, 6) is 0.169. The molecule has 1 amide bonds. The molecule has 2 heterocycles. The summed E-state index contributed by atoms with van der Waals surface area (Å²) in [4.78, 5) is 17.0. The van der Waals surface area contributed by atoms with Crippen molar-refractivity contribution in [2.24, 2.45) is 0 Å². The molecule has 1 saturated heterocycles. The quantitative estimate of drug-likeness (QED) is 0.926. The van der Waals surface area contributed by atoms with Crippen LogP contribution in [-0.4, -0.2) is 42.1 Å². The van der Waals surface area contributed by atoms with Crippen molar-refractivity contribution in [1.29, 1.82) is 0 Å². The zero-order valence-corrected chi connectivity index (χ0v) is 15.1. The van der Waals surface area contributed by atoms with Crippen LogP contribution in [0, 0.1) is 0 Å². The van der Waals surface area contributed by atoms with Gasteiger partial charge < -0.3 is 10.0 Å². The van der Waals surface area contributed by atoms with Crippen LogP contribution in [-0.2, 0) is 16.8 Å². The van der Waals surface area contributed by atoms with Crippen LogP contribution < -0.4 is 4.90 Å². The second kappa shape index (κ2) is 7.22. The van der Waals surface area contributed by atoms with Gasteiger partial charge >= 0.3 is 0 Å². The lowest BCUT2D eigenvalue weighted by atomic mass is 9.84. The van der Waals surface area contributed by atoms with Crippen molar-refractivity contribution in [3.8, 4) is 0 Å². The van der Waals surface area contributed by atoms with Crippen LogP contribution in [0.4, 0.5) is 5.69 Å². The molecule has 0 aromatic heterocycles. The molecule has 1 fully saturated rings. The lowest BCUT2D eigenvalue weighted by Gasteiger charge is -2.39. The molecule has 1 N–H and O–H groups in total. The van der Waals surface area contributed by atoms with E-state index >= 15 is 0 Å². The predicted molar refractivity (Wildman–Crippen MR) is 103 cm³/mol. The Hall–Kier alpha value is -2.17. The van der Waals surface area contributed by atoms with Crippen molar-refractivity contribution in [1.82, 2.24) is 4.90 Å². The Bertz CT molecular complexity index is 767. The van der Waals surface area contributed by atoms with Crippen molar-refractivity contribution < 1.29 is 9.90 Å². The summed E-state index contributed by atoms with van der Waals surface area (Å²) in [7, 11) is 0. The van der Waals surface area contributed by atoms with E-state index in [1.807, 2.05) is 47.4 Å². The number of carbonyl (C=O) groups is 1. The maximum atomic E-state index is 12.9. The summed E-state index contributed by atoms with van der Waals surface area (Å²) >= 11 is 0. The fourth-order valence-electron chi connectivity index (χ4n) is 4.19. The van der Waals surface area contributed by atoms with E-state index in [4.69, 9.17) is 0 Å². The minimum Gasteiger partial charge on any atom is -0.385 e. The van der Waals surface area contributed by atoms with Crippen LogP contribution in [0.15, 0.2) is 54.6 Å². The average molecular weight is 350 g/mol. The van der Waals surface area contributed by atoms with E-state index in [-0.39, 0.29) is 5.91 Å². The normalized spacial score (nSPS) is 19.8. The molecule has 0 atom stereocenters. The molecule has 0 aliphatic carbocycles. The summed E-state index contributed by atoms with van der Waals surface area (Å²) in [6.07, 6.45) is 3.41. The van der Waals surface area contributed by atoms with Gasteiger partial charge in [-0.15, -0.1) is 0 Å². The molecule has 0 radical (unpaired) electrons. The first-order valence-electron chi connectivity index (χ1n) is 9.54. The summed E-state index contributed by atoms with van der Waals surface area (Å²) in [6, 6.07) is 18.1. The van der Waals surface area contributed by atoms with Crippen molar-refractivity contribution in [2.45, 2.75) is 31.3 Å². The summed E-state index contributed by atoms with van der Waals surface area (Å²) in [5.41, 5.74) is 2.56. The third-order valence-electron chi connectivity index (χ3n) is 5.76. The number of hydrogen-bond acceptors (Lipinski definition) is 3. The Morgan fingerprint density at radius 1 is 0.962 bits per heavy atom. The van der Waals surface area contributed by atoms with Gasteiger partial charge in [0.2, 0.25) is 5.91 Å². The third kappa shape index (κ3) is 3.39. The van der Waals surface area contributed by atoms with Gasteiger partial charge in [-0.3, -0.25) is 9.69 Å². The number of anilines is 1. The first kappa shape index (κ1) is 17.3. The number of aryl methyl sites for hydroxylation is 1. The first-order valence-corrected chi connectivity index (χ1v) is 9.54. The van der Waals surface area contributed by atoms with Crippen molar-refractivity contribution >= 4 is 11.6 Å². The number of rotatable bonds is 3. The number of benzene rings is 2. The zero-order chi connectivity index (χ0) is 18.0. The fraction of sp³-hybridized carbons (Fsp3) is 0.409. The van der Waals surface area contributed by atoms with Crippen molar-refractivity contribution in [2.75, 3.05) is 31.1 Å². The molecule has 4 rings (SSSR count). The van der Waals surface area contributed by atoms with Gasteiger partial charge in [-0.2, -0.15) is 0 Å². The number of aliphatic hydroxyl groups is 1. The van der Waals surface area contributed by atoms with Gasteiger partial charge in [-0.25, -0.2) is 0 Å². The van der Waals surface area contributed by atoms with Gasteiger partial charge in [-0.1, -0.05) is 48.5 Å². The van der Waals surface area contributed by atoms with Crippen LogP contribution in [0.2, 0.25) is 0 Å². The van der Waals surface area contributed by atoms with Crippen LogP contribution in [0.5, 0.6) is 0 Å². The molecule has 2 aliphatic heterocycles. The molecule has 0 spiro atoms. The van der Waals surface area contributed by atoms with E-state index < -0.39 is 5.60 Å². The topological polar surface area (TPSA) is 43.8 Å². The molecule has 0 unspecified atom stereocenters. The molecule has 4 nitrogen and oxygen atoms in total. The van der Waals surface area contributed by atoms with E-state index in [2.05, 4.69) is 17.0 Å². The molecular formula is C22H26N2O2. The fourth-order valence-corrected chi connectivity index (χ4v) is 4.19. The van der Waals surface area contributed by atoms with Crippen LogP contribution >= 0.6 is 0 Å². The van der Waals surface area contributed by atoms with E-state index in [1.54, 1.807) is 0 Å². The van der Waals surface area contributed by atoms with E-state index in [9.17, 15) is 9.90 Å². The first-order chi connectivity index (χ1) is 12.7. The Labute approximate surface area is 155 Å². The Balaban J connectivity index is 1.39. The summed E-state index contributed by atoms with van der Waals surface area (Å²) < 4.78 is 0. The number of hydrogen-bond donors (Lipinski definition) is 1. The van der Waals surface area contributed by atoms with E-state index in [0.29, 0.717) is 19.4 Å². The van der Waals surface area contributed by atoms with Crippen LogP contribution in [0.1, 0.15) is 30.4 Å². The number of amides is 1. The average Bonchev–Trinajstić information content (AvgIpc) is 2.70. The second-order valence-electron chi connectivity index (χ2n) is 7.45. The molecule has 26 heavy (non-hydrogen) atoms. The number of nitrogens with zero attached hydrogens (tertiary/aromatic N) is 2. The van der Waals surface area contributed by atoms with Gasteiger partial charge in [-0.05, 0) is 42.9 Å². The van der Waals surface area contributed by atoms with E-state index in [1.165, 1.54) is 5.56 Å². The van der Waals surface area contributed by atoms with Crippen LogP contribution in [0.25, 0.3) is 0 Å². The lowest BCUT2D eigenvalue weighted by molar-refractivity contribution is -0.121. The minimum absolute atomic E-state index is 0.169. The Morgan fingerprint density at radius 3 is 2.42 bits per heavy atom. The maximum Gasteiger partial charge on any atom is 0.241 e. The summed E-state index contributed by atoms with van der Waals surface area (Å²) in [5, 5.41) is 11.0. The maximum absolute atomic E-state index is 12.9. The van der Waals surface area contributed by atoms with Crippen molar-refractivity contribution in [3.05, 3.63) is 65.7 Å². The van der Waals surface area contributed by atoms with Gasteiger partial charge in [0.1, 0.15) is 0 Å². The molecule has 4 heteroatoms. The number of carbonyl (C=O) groups excluding carboxylic acids is 1. The number of para-hydroxylation sites is 1. The smallest absolute Gasteiger partial charge is 0.241 e. The predicted octanol–water partition coefficient (Wildman–Crippen LogP) is 2.95. The Morgan fingerprint density at radius 2 is 1.65 bits per heavy atom. The molecule has 2 aromatic carbocycles. The lowest BCUT2D eigenvalue weighted by Crippen LogP contribution is -2.48. The van der Waals surface area contributed by atoms with Gasteiger partial charge in [0.15, 0.2) is 0 Å². The number of likely N-dealkylation sites (tertiary alicyclic amines) is 1. The summed E-state index contributed by atoms with van der Waals surface area (Å²) in [6.45, 7) is 2.72. The molecule has 0 saturated carbocycles. The third-order valence-corrected chi connectivity index (χ3v) is 5.76. The standard InChI is InChI=1S/C22H26N2O2/c25-21(24-14-6-8-18-7-4-5-11-20(18)24)17-23-15-12-22(26,13-16-23)19-9-2-1-3-10-19/h1-5,7,9-11,26H,6,8,12-17H2. The number of fused-ring (bicyclic) bond motifs is 1. The molecule has 2 aromatic rings. The highest BCUT2D eigenvalue weighted by molar-refractivity contribution is 5.95. The molecule has 136 valence electrons. The second-order valence-corrected chi connectivity index (χ2v) is 7.45. The highest BCUT2D eigenvalue weighted by Crippen LogP contribution is 2.33. The minimum atomic E-state index is -0.765. The molecule has 2 aliphatic rings. The number of piperidine rings is 1. The zero-order valence-electron chi connectivity index (χ0n) is 15.1. The SMILES string of the molecule is O=C(CN1CCC(O)(c2ccccc2)CC1)N1CCCc2ccccc21. The van der Waals surface area contributed by atoms with Gasteiger partial charge in [0.05, 0.1) is 12.1 Å².